The summed E-state index contributed by atoms with van der Waals surface area (Å²) in [6.07, 6.45) is 0. The fourth-order valence-corrected chi connectivity index (χ4v) is 2.75. The first-order valence-corrected chi connectivity index (χ1v) is 7.34. The highest BCUT2D eigenvalue weighted by atomic mass is 16.7. The van der Waals surface area contributed by atoms with Crippen LogP contribution in [-0.2, 0) is 6.54 Å². The normalized spacial score (nSPS) is 14.4. The van der Waals surface area contributed by atoms with E-state index in [1.165, 1.54) is 11.1 Å². The molecule has 1 aliphatic rings. The van der Waals surface area contributed by atoms with Crippen molar-refractivity contribution in [3.63, 3.8) is 0 Å². The number of hydrogen-bond acceptors (Lipinski definition) is 3. The second kappa shape index (κ2) is 6.19. The lowest BCUT2D eigenvalue weighted by Crippen LogP contribution is -2.23. The third kappa shape index (κ3) is 3.37. The van der Waals surface area contributed by atoms with Crippen LogP contribution in [0.3, 0.4) is 0 Å². The fourth-order valence-electron chi connectivity index (χ4n) is 2.75. The van der Waals surface area contributed by atoms with E-state index in [9.17, 15) is 0 Å². The quantitative estimate of drug-likeness (QED) is 0.836. The molecule has 110 valence electrons. The predicted octanol–water partition coefficient (Wildman–Crippen LogP) is 3.65. The summed E-state index contributed by atoms with van der Waals surface area (Å²) < 4.78 is 10.8. The van der Waals surface area contributed by atoms with Crippen LogP contribution in [0.5, 0.6) is 11.5 Å². The molecule has 2 aromatic carbocycles. The maximum atomic E-state index is 5.45. The van der Waals surface area contributed by atoms with Gasteiger partial charge in [0.1, 0.15) is 0 Å². The van der Waals surface area contributed by atoms with Gasteiger partial charge in [0.15, 0.2) is 11.5 Å². The van der Waals surface area contributed by atoms with E-state index in [4.69, 9.17) is 9.47 Å². The summed E-state index contributed by atoms with van der Waals surface area (Å²) in [5.41, 5.74) is 2.64. The highest BCUT2D eigenvalue weighted by Crippen LogP contribution is 2.34. The van der Waals surface area contributed by atoms with Crippen LogP contribution in [0.25, 0.3) is 0 Å². The van der Waals surface area contributed by atoms with E-state index in [1.807, 2.05) is 6.07 Å². The van der Waals surface area contributed by atoms with E-state index < -0.39 is 0 Å². The van der Waals surface area contributed by atoms with E-state index in [2.05, 4.69) is 61.3 Å². The number of likely N-dealkylation sites (N-methyl/N-ethyl adjacent to an activating group) is 1. The molecule has 0 bridgehead atoms. The number of rotatable bonds is 5. The van der Waals surface area contributed by atoms with Crippen molar-refractivity contribution in [2.75, 3.05) is 20.4 Å². The molecule has 0 aliphatic carbocycles. The summed E-state index contributed by atoms with van der Waals surface area (Å²) in [7, 11) is 2.16. The van der Waals surface area contributed by atoms with Crippen LogP contribution in [0.2, 0.25) is 0 Å². The van der Waals surface area contributed by atoms with Gasteiger partial charge in [-0.1, -0.05) is 43.3 Å². The van der Waals surface area contributed by atoms with E-state index in [-0.39, 0.29) is 0 Å². The second-order valence-electron chi connectivity index (χ2n) is 5.70. The van der Waals surface area contributed by atoms with Crippen molar-refractivity contribution in [1.29, 1.82) is 0 Å². The summed E-state index contributed by atoms with van der Waals surface area (Å²) in [5, 5.41) is 0. The Balaban J connectivity index is 1.62. The number of benzene rings is 2. The molecule has 0 unspecified atom stereocenters. The van der Waals surface area contributed by atoms with Crippen molar-refractivity contribution in [3.05, 3.63) is 59.7 Å². The van der Waals surface area contributed by atoms with Crippen LogP contribution in [0.15, 0.2) is 48.5 Å². The maximum Gasteiger partial charge on any atom is 0.231 e. The lowest BCUT2D eigenvalue weighted by atomic mass is 10.00. The SMILES string of the molecule is C[C@@H](CN(C)Cc1ccccc1)c1ccc2c(c1)OCO2. The molecule has 1 aliphatic heterocycles. The van der Waals surface area contributed by atoms with Gasteiger partial charge in [-0.2, -0.15) is 0 Å². The van der Waals surface area contributed by atoms with Gasteiger partial charge >= 0.3 is 0 Å². The molecule has 0 radical (unpaired) electrons. The third-order valence-electron chi connectivity index (χ3n) is 3.85. The van der Waals surface area contributed by atoms with Crippen molar-refractivity contribution in [1.82, 2.24) is 4.90 Å². The van der Waals surface area contributed by atoms with Crippen LogP contribution < -0.4 is 9.47 Å². The Morgan fingerprint density at radius 1 is 1.05 bits per heavy atom. The smallest absolute Gasteiger partial charge is 0.231 e. The fraction of sp³-hybridized carbons (Fsp3) is 0.333. The lowest BCUT2D eigenvalue weighted by Gasteiger charge is -2.22. The molecule has 0 saturated carbocycles. The average Bonchev–Trinajstić information content (AvgIpc) is 2.95. The summed E-state index contributed by atoms with van der Waals surface area (Å²) >= 11 is 0. The molecule has 2 aromatic rings. The number of nitrogens with zero attached hydrogens (tertiary/aromatic N) is 1. The van der Waals surface area contributed by atoms with E-state index in [0.717, 1.165) is 24.6 Å². The van der Waals surface area contributed by atoms with Gasteiger partial charge < -0.3 is 14.4 Å². The average molecular weight is 283 g/mol. The van der Waals surface area contributed by atoms with Crippen molar-refractivity contribution in [3.8, 4) is 11.5 Å². The Kier molecular flexibility index (Phi) is 4.11. The molecule has 21 heavy (non-hydrogen) atoms. The molecule has 0 saturated heterocycles. The van der Waals surface area contributed by atoms with Gasteiger partial charge in [-0.3, -0.25) is 0 Å². The zero-order chi connectivity index (χ0) is 14.7. The molecule has 3 heteroatoms. The minimum Gasteiger partial charge on any atom is -0.454 e. The second-order valence-corrected chi connectivity index (χ2v) is 5.70. The van der Waals surface area contributed by atoms with Crippen LogP contribution >= 0.6 is 0 Å². The standard InChI is InChI=1S/C18H21NO2/c1-14(11-19(2)12-15-6-4-3-5-7-15)16-8-9-17-18(10-16)21-13-20-17/h3-10,14H,11-13H2,1-2H3/t14-/m0/s1. The number of fused-ring (bicyclic) bond motifs is 1. The molecule has 0 N–H and O–H groups in total. The zero-order valence-corrected chi connectivity index (χ0v) is 12.6. The topological polar surface area (TPSA) is 21.7 Å². The van der Waals surface area contributed by atoms with Crippen molar-refractivity contribution < 1.29 is 9.47 Å². The monoisotopic (exact) mass is 283 g/mol. The molecule has 3 nitrogen and oxygen atoms in total. The summed E-state index contributed by atoms with van der Waals surface area (Å²) in [6, 6.07) is 16.8. The molecule has 3 rings (SSSR count). The molecular formula is C18H21NO2. The molecule has 0 amide bonds. The summed E-state index contributed by atoms with van der Waals surface area (Å²) in [5.74, 6) is 2.17. The molecule has 0 fully saturated rings. The lowest BCUT2D eigenvalue weighted by molar-refractivity contribution is 0.174. The first-order chi connectivity index (χ1) is 10.2. The van der Waals surface area contributed by atoms with Crippen molar-refractivity contribution >= 4 is 0 Å². The van der Waals surface area contributed by atoms with Gasteiger partial charge in [0, 0.05) is 13.1 Å². The van der Waals surface area contributed by atoms with Crippen LogP contribution in [0, 0.1) is 0 Å². The largest absolute Gasteiger partial charge is 0.454 e. The van der Waals surface area contributed by atoms with Crippen LogP contribution in [0.1, 0.15) is 24.0 Å². The Morgan fingerprint density at radius 2 is 1.81 bits per heavy atom. The Hall–Kier alpha value is -2.00. The number of hydrogen-bond donors (Lipinski definition) is 0. The maximum absolute atomic E-state index is 5.45. The molecular weight excluding hydrogens is 262 g/mol. The molecule has 1 heterocycles. The minimum atomic E-state index is 0.334. The highest BCUT2D eigenvalue weighted by Gasteiger charge is 2.16. The predicted molar refractivity (Wildman–Crippen MR) is 83.8 cm³/mol. The summed E-state index contributed by atoms with van der Waals surface area (Å²) in [6.45, 7) is 4.56. The Labute approximate surface area is 126 Å². The van der Waals surface area contributed by atoms with Gasteiger partial charge in [0.2, 0.25) is 6.79 Å². The van der Waals surface area contributed by atoms with Gasteiger partial charge in [0.05, 0.1) is 0 Å². The number of ether oxygens (including phenoxy) is 2. The highest BCUT2D eigenvalue weighted by molar-refractivity contribution is 5.45. The third-order valence-corrected chi connectivity index (χ3v) is 3.85. The van der Waals surface area contributed by atoms with E-state index >= 15 is 0 Å². The van der Waals surface area contributed by atoms with Crippen LogP contribution in [-0.4, -0.2) is 25.3 Å². The van der Waals surface area contributed by atoms with E-state index in [0.29, 0.717) is 12.7 Å². The Bertz CT molecular complexity index is 597. The molecule has 0 aromatic heterocycles. The Morgan fingerprint density at radius 3 is 2.62 bits per heavy atom. The van der Waals surface area contributed by atoms with Crippen molar-refractivity contribution in [2.24, 2.45) is 0 Å². The van der Waals surface area contributed by atoms with Crippen LogP contribution in [0.4, 0.5) is 0 Å². The van der Waals surface area contributed by atoms with Gasteiger partial charge in [-0.15, -0.1) is 0 Å². The summed E-state index contributed by atoms with van der Waals surface area (Å²) in [4.78, 5) is 2.35. The first kappa shape index (κ1) is 14.0. The first-order valence-electron chi connectivity index (χ1n) is 7.34. The van der Waals surface area contributed by atoms with Gasteiger partial charge in [0.25, 0.3) is 0 Å². The van der Waals surface area contributed by atoms with E-state index in [1.54, 1.807) is 0 Å². The van der Waals surface area contributed by atoms with Crippen molar-refractivity contribution in [2.45, 2.75) is 19.4 Å². The zero-order valence-electron chi connectivity index (χ0n) is 12.6. The molecule has 1 atom stereocenters. The minimum absolute atomic E-state index is 0.334. The van der Waals surface area contributed by atoms with Gasteiger partial charge in [-0.05, 0) is 36.2 Å². The molecule has 0 spiro atoms. The van der Waals surface area contributed by atoms with Gasteiger partial charge in [-0.25, -0.2) is 0 Å².